The Hall–Kier alpha value is -1.90. The van der Waals surface area contributed by atoms with Gasteiger partial charge < -0.3 is 5.32 Å². The Kier molecular flexibility index (Phi) is 3.15. The lowest BCUT2D eigenvalue weighted by molar-refractivity contribution is 0.628. The van der Waals surface area contributed by atoms with E-state index in [1.54, 1.807) is 6.07 Å². The van der Waals surface area contributed by atoms with Gasteiger partial charge >= 0.3 is 0 Å². The van der Waals surface area contributed by atoms with E-state index in [1.807, 2.05) is 31.3 Å². The van der Waals surface area contributed by atoms with Crippen LogP contribution in [0.5, 0.6) is 0 Å². The third kappa shape index (κ3) is 2.79. The first-order chi connectivity index (χ1) is 7.74. The van der Waals surface area contributed by atoms with E-state index in [-0.39, 0.29) is 5.82 Å². The second kappa shape index (κ2) is 4.75. The fourth-order valence-electron chi connectivity index (χ4n) is 1.39. The molecule has 0 aliphatic carbocycles. The summed E-state index contributed by atoms with van der Waals surface area (Å²) in [5, 5.41) is 3.12. The van der Waals surface area contributed by atoms with E-state index < -0.39 is 0 Å². The minimum absolute atomic E-state index is 0.234. The molecule has 1 aromatic heterocycles. The number of pyridine rings is 1. The van der Waals surface area contributed by atoms with Gasteiger partial charge in [0.15, 0.2) is 0 Å². The van der Waals surface area contributed by atoms with E-state index in [9.17, 15) is 4.39 Å². The van der Waals surface area contributed by atoms with Gasteiger partial charge in [0.25, 0.3) is 0 Å². The average Bonchev–Trinajstić information content (AvgIpc) is 2.28. The summed E-state index contributed by atoms with van der Waals surface area (Å²) in [5.74, 6) is -0.234. The van der Waals surface area contributed by atoms with Crippen LogP contribution in [-0.4, -0.2) is 4.98 Å². The van der Waals surface area contributed by atoms with Crippen LogP contribution < -0.4 is 5.32 Å². The number of hydrogen-bond acceptors (Lipinski definition) is 2. The molecule has 2 rings (SSSR count). The Balaban J connectivity index is 1.99. The summed E-state index contributed by atoms with van der Waals surface area (Å²) in [4.78, 5) is 4.26. The van der Waals surface area contributed by atoms with Gasteiger partial charge in [-0.15, -0.1) is 0 Å². The van der Waals surface area contributed by atoms with Gasteiger partial charge in [0.05, 0.1) is 12.2 Å². The Bertz CT molecular complexity index is 466. The number of aryl methyl sites for hydroxylation is 1. The highest BCUT2D eigenvalue weighted by Gasteiger charge is 1.96. The van der Waals surface area contributed by atoms with Crippen molar-refractivity contribution >= 4 is 5.69 Å². The summed E-state index contributed by atoms with van der Waals surface area (Å²) in [6, 6.07) is 10.4. The van der Waals surface area contributed by atoms with Gasteiger partial charge in [-0.25, -0.2) is 4.39 Å². The fourth-order valence-corrected chi connectivity index (χ4v) is 1.39. The molecule has 0 amide bonds. The van der Waals surface area contributed by atoms with Crippen molar-refractivity contribution in [2.75, 3.05) is 5.32 Å². The monoisotopic (exact) mass is 216 g/mol. The van der Waals surface area contributed by atoms with Gasteiger partial charge in [-0.3, -0.25) is 4.98 Å². The molecule has 0 saturated heterocycles. The van der Waals surface area contributed by atoms with E-state index in [4.69, 9.17) is 0 Å². The van der Waals surface area contributed by atoms with Gasteiger partial charge in [0.1, 0.15) is 5.82 Å². The van der Waals surface area contributed by atoms with Crippen molar-refractivity contribution in [1.82, 2.24) is 4.98 Å². The van der Waals surface area contributed by atoms with Crippen molar-refractivity contribution < 1.29 is 4.39 Å². The summed E-state index contributed by atoms with van der Waals surface area (Å²) in [7, 11) is 0. The first kappa shape index (κ1) is 10.6. The normalized spacial score (nSPS) is 10.1. The van der Waals surface area contributed by atoms with Crippen LogP contribution in [0.3, 0.4) is 0 Å². The van der Waals surface area contributed by atoms with Crippen molar-refractivity contribution in [3.05, 3.63) is 59.7 Å². The topological polar surface area (TPSA) is 24.9 Å². The van der Waals surface area contributed by atoms with E-state index in [2.05, 4.69) is 10.3 Å². The molecule has 0 fully saturated rings. The largest absolute Gasteiger partial charge is 0.379 e. The highest BCUT2D eigenvalue weighted by Crippen LogP contribution is 2.10. The molecule has 2 nitrogen and oxygen atoms in total. The number of rotatable bonds is 3. The Morgan fingerprint density at radius 3 is 2.81 bits per heavy atom. The molecule has 0 atom stereocenters. The standard InChI is InChI=1S/C13H13FN2/c1-10-5-6-13(15-8-10)9-16-12-4-2-3-11(14)7-12/h2-8,16H,9H2,1H3. The van der Waals surface area contributed by atoms with E-state index in [0.29, 0.717) is 6.54 Å². The molecule has 3 heteroatoms. The molecule has 1 aromatic carbocycles. The molecule has 0 radical (unpaired) electrons. The SMILES string of the molecule is Cc1ccc(CNc2cccc(F)c2)nc1. The maximum Gasteiger partial charge on any atom is 0.125 e. The van der Waals surface area contributed by atoms with E-state index in [1.165, 1.54) is 12.1 Å². The van der Waals surface area contributed by atoms with Gasteiger partial charge in [0, 0.05) is 11.9 Å². The molecule has 2 aromatic rings. The molecule has 1 heterocycles. The first-order valence-corrected chi connectivity index (χ1v) is 5.15. The van der Waals surface area contributed by atoms with Crippen molar-refractivity contribution in [3.63, 3.8) is 0 Å². The zero-order valence-electron chi connectivity index (χ0n) is 9.07. The van der Waals surface area contributed by atoms with Crippen LogP contribution in [0.4, 0.5) is 10.1 Å². The molecular formula is C13H13FN2. The summed E-state index contributed by atoms with van der Waals surface area (Å²) < 4.78 is 12.9. The van der Waals surface area contributed by atoms with Crippen LogP contribution in [0.15, 0.2) is 42.6 Å². The van der Waals surface area contributed by atoms with Gasteiger partial charge in [-0.2, -0.15) is 0 Å². The maximum atomic E-state index is 12.9. The van der Waals surface area contributed by atoms with Crippen molar-refractivity contribution in [2.24, 2.45) is 0 Å². The summed E-state index contributed by atoms with van der Waals surface area (Å²) in [5.41, 5.74) is 2.84. The molecule has 0 aliphatic rings. The number of nitrogens with zero attached hydrogens (tertiary/aromatic N) is 1. The molecule has 16 heavy (non-hydrogen) atoms. The second-order valence-corrected chi connectivity index (χ2v) is 3.69. The van der Waals surface area contributed by atoms with Crippen LogP contribution in [0.2, 0.25) is 0 Å². The van der Waals surface area contributed by atoms with Crippen LogP contribution in [0.1, 0.15) is 11.3 Å². The van der Waals surface area contributed by atoms with Crippen LogP contribution in [-0.2, 0) is 6.54 Å². The minimum atomic E-state index is -0.234. The van der Waals surface area contributed by atoms with Crippen LogP contribution in [0, 0.1) is 12.7 Å². The molecule has 82 valence electrons. The third-order valence-electron chi connectivity index (χ3n) is 2.27. The second-order valence-electron chi connectivity index (χ2n) is 3.69. The third-order valence-corrected chi connectivity index (χ3v) is 2.27. The van der Waals surface area contributed by atoms with Crippen molar-refractivity contribution in [1.29, 1.82) is 0 Å². The number of benzene rings is 1. The molecule has 1 N–H and O–H groups in total. The zero-order valence-corrected chi connectivity index (χ0v) is 9.07. The lowest BCUT2D eigenvalue weighted by atomic mass is 10.2. The van der Waals surface area contributed by atoms with E-state index >= 15 is 0 Å². The molecule has 0 spiro atoms. The maximum absolute atomic E-state index is 12.9. The van der Waals surface area contributed by atoms with Crippen molar-refractivity contribution in [2.45, 2.75) is 13.5 Å². The quantitative estimate of drug-likeness (QED) is 0.852. The summed E-state index contributed by atoms with van der Waals surface area (Å²) in [6.07, 6.45) is 1.82. The number of hydrogen-bond donors (Lipinski definition) is 1. The molecule has 0 unspecified atom stereocenters. The predicted octanol–water partition coefficient (Wildman–Crippen LogP) is 3.14. The molecular weight excluding hydrogens is 203 g/mol. The Morgan fingerprint density at radius 1 is 1.25 bits per heavy atom. The van der Waals surface area contributed by atoms with Crippen LogP contribution >= 0.6 is 0 Å². The zero-order chi connectivity index (χ0) is 11.4. The predicted molar refractivity (Wildman–Crippen MR) is 62.7 cm³/mol. The lowest BCUT2D eigenvalue weighted by Crippen LogP contribution is -2.01. The molecule has 0 saturated carbocycles. The number of halogens is 1. The summed E-state index contributed by atoms with van der Waals surface area (Å²) >= 11 is 0. The Labute approximate surface area is 94.2 Å². The van der Waals surface area contributed by atoms with Gasteiger partial charge in [-0.05, 0) is 36.8 Å². The first-order valence-electron chi connectivity index (χ1n) is 5.15. The van der Waals surface area contributed by atoms with Crippen molar-refractivity contribution in [3.8, 4) is 0 Å². The molecule has 0 bridgehead atoms. The lowest BCUT2D eigenvalue weighted by Gasteiger charge is -2.05. The summed E-state index contributed by atoms with van der Waals surface area (Å²) in [6.45, 7) is 2.60. The number of nitrogens with one attached hydrogen (secondary N) is 1. The molecule has 0 aliphatic heterocycles. The average molecular weight is 216 g/mol. The van der Waals surface area contributed by atoms with Crippen LogP contribution in [0.25, 0.3) is 0 Å². The fraction of sp³-hybridized carbons (Fsp3) is 0.154. The highest BCUT2D eigenvalue weighted by atomic mass is 19.1. The van der Waals surface area contributed by atoms with E-state index in [0.717, 1.165) is 16.9 Å². The highest BCUT2D eigenvalue weighted by molar-refractivity contribution is 5.43. The number of anilines is 1. The number of aromatic nitrogens is 1. The van der Waals surface area contributed by atoms with Gasteiger partial charge in [0.2, 0.25) is 0 Å². The van der Waals surface area contributed by atoms with Gasteiger partial charge in [-0.1, -0.05) is 12.1 Å². The smallest absolute Gasteiger partial charge is 0.125 e. The Morgan fingerprint density at radius 2 is 2.12 bits per heavy atom. The minimum Gasteiger partial charge on any atom is -0.379 e.